The molecule has 3 N–H and O–H groups in total. The first-order valence-corrected chi connectivity index (χ1v) is 8.25. The molecule has 0 radical (unpaired) electrons. The van der Waals surface area contributed by atoms with Gasteiger partial charge >= 0.3 is 5.69 Å². The summed E-state index contributed by atoms with van der Waals surface area (Å²) < 4.78 is 5.11. The lowest BCUT2D eigenvalue weighted by atomic mass is 10.0. The first-order chi connectivity index (χ1) is 12.7. The highest BCUT2D eigenvalue weighted by Crippen LogP contribution is 2.18. The second-order valence-electron chi connectivity index (χ2n) is 5.84. The van der Waals surface area contributed by atoms with E-state index in [0.29, 0.717) is 23.7 Å². The number of rotatable bonds is 8. The van der Waals surface area contributed by atoms with E-state index < -0.39 is 11.7 Å². The van der Waals surface area contributed by atoms with E-state index in [0.717, 1.165) is 5.56 Å². The molecule has 0 aliphatic rings. The van der Waals surface area contributed by atoms with Gasteiger partial charge in [-0.15, -0.1) is 0 Å². The zero-order chi connectivity index (χ0) is 18.4. The Morgan fingerprint density at radius 2 is 1.88 bits per heavy atom. The van der Waals surface area contributed by atoms with Crippen molar-refractivity contribution in [3.05, 3.63) is 82.0 Å². The van der Waals surface area contributed by atoms with E-state index in [4.69, 9.17) is 4.74 Å². The second kappa shape index (κ2) is 8.26. The first kappa shape index (κ1) is 17.6. The van der Waals surface area contributed by atoms with Crippen molar-refractivity contribution >= 4 is 5.78 Å². The number of hydrogen-bond donors (Lipinski definition) is 3. The van der Waals surface area contributed by atoms with Crippen LogP contribution >= 0.6 is 0 Å². The second-order valence-corrected chi connectivity index (χ2v) is 5.84. The summed E-state index contributed by atoms with van der Waals surface area (Å²) in [5, 5.41) is 9.61. The predicted molar refractivity (Wildman–Crippen MR) is 97.2 cm³/mol. The van der Waals surface area contributed by atoms with E-state index in [9.17, 15) is 9.59 Å². The molecule has 3 aromatic rings. The summed E-state index contributed by atoms with van der Waals surface area (Å²) in [4.78, 5) is 26.7. The van der Waals surface area contributed by atoms with Gasteiger partial charge < -0.3 is 10.1 Å². The molecule has 134 valence electrons. The Balaban J connectivity index is 1.74. The fourth-order valence-electron chi connectivity index (χ4n) is 2.63. The molecule has 1 atom stereocenters. The number of H-pyrrole nitrogens is 2. The zero-order valence-corrected chi connectivity index (χ0v) is 14.4. The Morgan fingerprint density at radius 3 is 2.50 bits per heavy atom. The Morgan fingerprint density at radius 1 is 1.15 bits per heavy atom. The van der Waals surface area contributed by atoms with Crippen molar-refractivity contribution < 1.29 is 9.53 Å². The van der Waals surface area contributed by atoms with Gasteiger partial charge in [0.15, 0.2) is 5.78 Å². The molecular weight excluding hydrogens is 332 g/mol. The average Bonchev–Trinajstić information content (AvgIpc) is 3.12. The summed E-state index contributed by atoms with van der Waals surface area (Å²) in [5.41, 5.74) is 1.26. The van der Waals surface area contributed by atoms with Gasteiger partial charge in [-0.1, -0.05) is 30.3 Å². The lowest BCUT2D eigenvalue weighted by Gasteiger charge is -2.16. The summed E-state index contributed by atoms with van der Waals surface area (Å²) in [7, 11) is 1.58. The number of Topliss-reactive ketones (excluding diaryl/α,β-unsaturated/α-hetero) is 1. The number of ether oxygens (including phenoxy) is 1. The molecule has 0 spiro atoms. The molecule has 0 amide bonds. The number of benzene rings is 2. The van der Waals surface area contributed by atoms with E-state index >= 15 is 0 Å². The van der Waals surface area contributed by atoms with Crippen LogP contribution in [0.3, 0.4) is 0 Å². The Kier molecular flexibility index (Phi) is 5.60. The van der Waals surface area contributed by atoms with Crippen LogP contribution in [0.1, 0.15) is 34.2 Å². The standard InChI is InChI=1S/C19H20N4O3/c1-26-15-9-7-14(8-10-15)17(24)11-16(18-21-19(25)23-22-18)20-12-13-5-3-2-4-6-13/h2-10,16,20H,11-12H2,1H3,(H2,21,22,23,25). The molecular formula is C19H20N4O3. The minimum atomic E-state index is -0.413. The van der Waals surface area contributed by atoms with Gasteiger partial charge in [0.25, 0.3) is 0 Å². The van der Waals surface area contributed by atoms with Crippen molar-refractivity contribution in [2.24, 2.45) is 0 Å². The summed E-state index contributed by atoms with van der Waals surface area (Å²) in [6.45, 7) is 0.552. The number of aromatic amines is 2. The summed E-state index contributed by atoms with van der Waals surface area (Å²) in [6, 6.07) is 16.3. The van der Waals surface area contributed by atoms with Crippen LogP contribution in [0.25, 0.3) is 0 Å². The maximum absolute atomic E-state index is 12.6. The highest BCUT2D eigenvalue weighted by molar-refractivity contribution is 5.96. The number of carbonyl (C=O) groups is 1. The number of ketones is 1. The Hall–Kier alpha value is -3.19. The number of nitrogens with zero attached hydrogens (tertiary/aromatic N) is 1. The Labute approximate surface area is 150 Å². The maximum Gasteiger partial charge on any atom is 0.340 e. The largest absolute Gasteiger partial charge is 0.497 e. The molecule has 0 aliphatic heterocycles. The third kappa shape index (κ3) is 4.46. The fraction of sp³-hybridized carbons (Fsp3) is 0.211. The van der Waals surface area contributed by atoms with Crippen LogP contribution in [0, 0.1) is 0 Å². The van der Waals surface area contributed by atoms with Gasteiger partial charge in [0.2, 0.25) is 0 Å². The predicted octanol–water partition coefficient (Wildman–Crippen LogP) is 2.21. The highest BCUT2D eigenvalue weighted by Gasteiger charge is 2.20. The van der Waals surface area contributed by atoms with Crippen molar-refractivity contribution in [1.29, 1.82) is 0 Å². The number of carbonyl (C=O) groups excluding carboxylic acids is 1. The van der Waals surface area contributed by atoms with E-state index in [-0.39, 0.29) is 12.2 Å². The van der Waals surface area contributed by atoms with Crippen molar-refractivity contribution in [3.63, 3.8) is 0 Å². The molecule has 1 aromatic heterocycles. The lowest BCUT2D eigenvalue weighted by molar-refractivity contribution is 0.0966. The maximum atomic E-state index is 12.6. The normalized spacial score (nSPS) is 11.9. The van der Waals surface area contributed by atoms with Gasteiger partial charge in [0.05, 0.1) is 13.2 Å². The third-order valence-electron chi connectivity index (χ3n) is 4.05. The van der Waals surface area contributed by atoms with Crippen LogP contribution in [0.5, 0.6) is 5.75 Å². The van der Waals surface area contributed by atoms with Crippen LogP contribution in [-0.2, 0) is 6.54 Å². The number of hydrogen-bond acceptors (Lipinski definition) is 5. The smallest absolute Gasteiger partial charge is 0.340 e. The molecule has 1 heterocycles. The Bertz CT molecular complexity index is 900. The van der Waals surface area contributed by atoms with E-state index in [2.05, 4.69) is 20.5 Å². The third-order valence-corrected chi connectivity index (χ3v) is 4.05. The number of methoxy groups -OCH3 is 1. The molecule has 0 aliphatic carbocycles. The number of aromatic nitrogens is 3. The van der Waals surface area contributed by atoms with Gasteiger partial charge in [-0.25, -0.2) is 9.89 Å². The lowest BCUT2D eigenvalue weighted by Crippen LogP contribution is -2.25. The molecule has 0 fully saturated rings. The van der Waals surface area contributed by atoms with Gasteiger partial charge in [-0.3, -0.25) is 9.78 Å². The van der Waals surface area contributed by atoms with Crippen molar-refractivity contribution in [2.45, 2.75) is 19.0 Å². The molecule has 7 heteroatoms. The van der Waals surface area contributed by atoms with Crippen molar-refractivity contribution in [2.75, 3.05) is 7.11 Å². The van der Waals surface area contributed by atoms with Crippen LogP contribution in [0.15, 0.2) is 59.4 Å². The van der Waals surface area contributed by atoms with Crippen LogP contribution in [0.2, 0.25) is 0 Å². The molecule has 26 heavy (non-hydrogen) atoms. The summed E-state index contributed by atoms with van der Waals surface area (Å²) in [5.74, 6) is 1.05. The van der Waals surface area contributed by atoms with Gasteiger partial charge in [-0.05, 0) is 29.8 Å². The van der Waals surface area contributed by atoms with E-state index in [1.165, 1.54) is 0 Å². The minimum absolute atomic E-state index is 0.0536. The highest BCUT2D eigenvalue weighted by atomic mass is 16.5. The average molecular weight is 352 g/mol. The summed E-state index contributed by atoms with van der Waals surface area (Å²) >= 11 is 0. The molecule has 0 saturated carbocycles. The molecule has 2 aromatic carbocycles. The number of nitrogens with one attached hydrogen (secondary N) is 3. The van der Waals surface area contributed by atoms with Crippen molar-refractivity contribution in [3.8, 4) is 5.75 Å². The molecule has 1 unspecified atom stereocenters. The fourth-order valence-corrected chi connectivity index (χ4v) is 2.63. The van der Waals surface area contributed by atoms with Gasteiger partial charge in [-0.2, -0.15) is 5.10 Å². The molecule has 0 bridgehead atoms. The molecule has 3 rings (SSSR count). The summed E-state index contributed by atoms with van der Waals surface area (Å²) in [6.07, 6.45) is 0.167. The molecule has 0 saturated heterocycles. The van der Waals surface area contributed by atoms with Crippen LogP contribution < -0.4 is 15.7 Å². The zero-order valence-electron chi connectivity index (χ0n) is 14.4. The SMILES string of the molecule is COc1ccc(C(=O)CC(NCc2ccccc2)c2n[nH]c(=O)[nH]2)cc1. The van der Waals surface area contributed by atoms with Gasteiger partial charge in [0.1, 0.15) is 11.6 Å². The topological polar surface area (TPSA) is 99.9 Å². The van der Waals surface area contributed by atoms with Crippen LogP contribution in [0.4, 0.5) is 0 Å². The monoisotopic (exact) mass is 352 g/mol. The minimum Gasteiger partial charge on any atom is -0.497 e. The van der Waals surface area contributed by atoms with Gasteiger partial charge in [0, 0.05) is 18.5 Å². The molecule has 7 nitrogen and oxygen atoms in total. The van der Waals surface area contributed by atoms with E-state index in [1.54, 1.807) is 31.4 Å². The van der Waals surface area contributed by atoms with Crippen LogP contribution in [-0.4, -0.2) is 28.1 Å². The quantitative estimate of drug-likeness (QED) is 0.540. The van der Waals surface area contributed by atoms with E-state index in [1.807, 2.05) is 30.3 Å². The van der Waals surface area contributed by atoms with Crippen molar-refractivity contribution in [1.82, 2.24) is 20.5 Å². The first-order valence-electron chi connectivity index (χ1n) is 8.25.